The fourth-order valence-electron chi connectivity index (χ4n) is 1.49. The zero-order chi connectivity index (χ0) is 8.27. The van der Waals surface area contributed by atoms with Crippen LogP contribution >= 0.6 is 0 Å². The fraction of sp³-hybridized carbons (Fsp3) is 0.857. The quantitative estimate of drug-likeness (QED) is 0.354. The smallest absolute Gasteiger partial charge is 0.186 e. The Hall–Kier alpha value is -0.770. The molecule has 1 fully saturated rings. The van der Waals surface area contributed by atoms with Gasteiger partial charge in [0.25, 0.3) is 0 Å². The predicted octanol–water partition coefficient (Wildman–Crippen LogP) is -0.470. The minimum Gasteiger partial charge on any atom is -0.370 e. The first-order valence-corrected chi connectivity index (χ1v) is 4.04. The molecule has 0 bridgehead atoms. The Morgan fingerprint density at radius 1 is 1.18 bits per heavy atom. The summed E-state index contributed by atoms with van der Waals surface area (Å²) in [6.45, 7) is 0. The number of nitrogens with two attached hydrogens (primary N) is 3. The van der Waals surface area contributed by atoms with Gasteiger partial charge in [-0.25, -0.2) is 4.99 Å². The first kappa shape index (κ1) is 8.33. The SMILES string of the molecule is NC(N)=N[C@@H]1CCCC[C@H]1N. The molecular formula is C7H16N4. The van der Waals surface area contributed by atoms with E-state index in [-0.39, 0.29) is 18.0 Å². The van der Waals surface area contributed by atoms with Crippen molar-refractivity contribution in [1.82, 2.24) is 0 Å². The van der Waals surface area contributed by atoms with E-state index in [1.165, 1.54) is 12.8 Å². The highest BCUT2D eigenvalue weighted by Crippen LogP contribution is 2.19. The van der Waals surface area contributed by atoms with Crippen LogP contribution in [-0.4, -0.2) is 18.0 Å². The normalized spacial score (nSPS) is 31.4. The van der Waals surface area contributed by atoms with Crippen molar-refractivity contribution in [2.24, 2.45) is 22.2 Å². The molecule has 1 aliphatic carbocycles. The fourth-order valence-corrected chi connectivity index (χ4v) is 1.49. The van der Waals surface area contributed by atoms with E-state index in [0.29, 0.717) is 0 Å². The number of guanidine groups is 1. The zero-order valence-corrected chi connectivity index (χ0v) is 6.66. The van der Waals surface area contributed by atoms with Gasteiger partial charge in [-0.3, -0.25) is 0 Å². The number of hydrogen-bond donors (Lipinski definition) is 3. The van der Waals surface area contributed by atoms with Gasteiger partial charge in [0, 0.05) is 6.04 Å². The molecule has 64 valence electrons. The van der Waals surface area contributed by atoms with E-state index in [0.717, 1.165) is 12.8 Å². The van der Waals surface area contributed by atoms with Crippen LogP contribution in [-0.2, 0) is 0 Å². The average molecular weight is 156 g/mol. The number of hydrogen-bond acceptors (Lipinski definition) is 2. The van der Waals surface area contributed by atoms with Crippen molar-refractivity contribution in [1.29, 1.82) is 0 Å². The van der Waals surface area contributed by atoms with Crippen LogP contribution in [0.5, 0.6) is 0 Å². The van der Waals surface area contributed by atoms with Gasteiger partial charge in [0.2, 0.25) is 0 Å². The van der Waals surface area contributed by atoms with E-state index in [4.69, 9.17) is 17.2 Å². The highest BCUT2D eigenvalue weighted by atomic mass is 15.0. The van der Waals surface area contributed by atoms with E-state index >= 15 is 0 Å². The standard InChI is InChI=1S/C7H16N4/c8-5-3-1-2-4-6(5)11-7(9)10/h5-6H,1-4,8H2,(H4,9,10,11)/t5-,6-/m1/s1. The Kier molecular flexibility index (Phi) is 2.70. The molecule has 4 heteroatoms. The topological polar surface area (TPSA) is 90.4 Å². The van der Waals surface area contributed by atoms with Gasteiger partial charge in [0.05, 0.1) is 6.04 Å². The summed E-state index contributed by atoms with van der Waals surface area (Å²) in [6, 6.07) is 0.319. The molecule has 4 nitrogen and oxygen atoms in total. The van der Waals surface area contributed by atoms with Crippen molar-refractivity contribution >= 4 is 5.96 Å². The lowest BCUT2D eigenvalue weighted by atomic mass is 9.91. The van der Waals surface area contributed by atoms with Crippen molar-refractivity contribution in [2.45, 2.75) is 37.8 Å². The van der Waals surface area contributed by atoms with E-state index in [1.807, 2.05) is 0 Å². The Morgan fingerprint density at radius 3 is 2.36 bits per heavy atom. The van der Waals surface area contributed by atoms with Crippen molar-refractivity contribution in [3.63, 3.8) is 0 Å². The summed E-state index contributed by atoms with van der Waals surface area (Å²) in [7, 11) is 0. The van der Waals surface area contributed by atoms with Crippen molar-refractivity contribution in [2.75, 3.05) is 0 Å². The maximum atomic E-state index is 5.81. The Labute approximate surface area is 66.8 Å². The van der Waals surface area contributed by atoms with Gasteiger partial charge in [-0.05, 0) is 12.8 Å². The minimum absolute atomic E-state index is 0.158. The Morgan fingerprint density at radius 2 is 1.82 bits per heavy atom. The van der Waals surface area contributed by atoms with Crippen LogP contribution in [0.15, 0.2) is 4.99 Å². The highest BCUT2D eigenvalue weighted by molar-refractivity contribution is 5.75. The molecule has 6 N–H and O–H groups in total. The Balaban J connectivity index is 2.48. The van der Waals surface area contributed by atoms with Gasteiger partial charge in [-0.2, -0.15) is 0 Å². The molecule has 0 radical (unpaired) electrons. The maximum absolute atomic E-state index is 5.81. The van der Waals surface area contributed by atoms with Crippen molar-refractivity contribution in [3.8, 4) is 0 Å². The number of nitrogens with zero attached hydrogens (tertiary/aromatic N) is 1. The molecule has 0 amide bonds. The van der Waals surface area contributed by atoms with Crippen LogP contribution in [0.25, 0.3) is 0 Å². The summed E-state index contributed by atoms with van der Waals surface area (Å²) < 4.78 is 0. The largest absolute Gasteiger partial charge is 0.370 e. The van der Waals surface area contributed by atoms with Crippen LogP contribution < -0.4 is 17.2 Å². The zero-order valence-electron chi connectivity index (χ0n) is 6.66. The minimum atomic E-state index is 0.158. The van der Waals surface area contributed by atoms with Crippen LogP contribution in [0.2, 0.25) is 0 Å². The molecule has 2 atom stereocenters. The van der Waals surface area contributed by atoms with E-state index < -0.39 is 0 Å². The second kappa shape index (κ2) is 3.57. The third kappa shape index (κ3) is 2.38. The lowest BCUT2D eigenvalue weighted by Crippen LogP contribution is -2.38. The molecule has 11 heavy (non-hydrogen) atoms. The molecule has 1 aliphatic rings. The molecule has 0 spiro atoms. The highest BCUT2D eigenvalue weighted by Gasteiger charge is 2.20. The summed E-state index contributed by atoms with van der Waals surface area (Å²) in [6.07, 6.45) is 4.47. The summed E-state index contributed by atoms with van der Waals surface area (Å²) in [4.78, 5) is 4.06. The van der Waals surface area contributed by atoms with Crippen molar-refractivity contribution < 1.29 is 0 Å². The second-order valence-corrected chi connectivity index (χ2v) is 3.07. The van der Waals surface area contributed by atoms with Crippen LogP contribution in [0.1, 0.15) is 25.7 Å². The molecule has 0 aliphatic heterocycles. The van der Waals surface area contributed by atoms with E-state index in [1.54, 1.807) is 0 Å². The van der Waals surface area contributed by atoms with Crippen molar-refractivity contribution in [3.05, 3.63) is 0 Å². The summed E-state index contributed by atoms with van der Waals surface area (Å²) in [5.74, 6) is 0.160. The van der Waals surface area contributed by atoms with Crippen LogP contribution in [0.4, 0.5) is 0 Å². The average Bonchev–Trinajstić information content (AvgIpc) is 1.93. The monoisotopic (exact) mass is 156 g/mol. The van der Waals surface area contributed by atoms with Gasteiger partial charge in [0.15, 0.2) is 5.96 Å². The predicted molar refractivity (Wildman–Crippen MR) is 46.0 cm³/mol. The number of rotatable bonds is 1. The van der Waals surface area contributed by atoms with Gasteiger partial charge >= 0.3 is 0 Å². The Bertz CT molecular complexity index is 151. The molecule has 0 unspecified atom stereocenters. The van der Waals surface area contributed by atoms with Gasteiger partial charge in [0.1, 0.15) is 0 Å². The van der Waals surface area contributed by atoms with E-state index in [9.17, 15) is 0 Å². The molecule has 0 heterocycles. The third-order valence-corrected chi connectivity index (χ3v) is 2.10. The third-order valence-electron chi connectivity index (χ3n) is 2.10. The van der Waals surface area contributed by atoms with Crippen LogP contribution in [0.3, 0.4) is 0 Å². The lowest BCUT2D eigenvalue weighted by molar-refractivity contribution is 0.386. The second-order valence-electron chi connectivity index (χ2n) is 3.07. The molecular weight excluding hydrogens is 140 g/mol. The first-order chi connectivity index (χ1) is 5.20. The first-order valence-electron chi connectivity index (χ1n) is 4.04. The molecule has 1 saturated carbocycles. The maximum Gasteiger partial charge on any atom is 0.186 e. The van der Waals surface area contributed by atoms with Crippen LogP contribution in [0, 0.1) is 0 Å². The molecule has 0 aromatic rings. The summed E-state index contributed by atoms with van der Waals surface area (Å²) in [5, 5.41) is 0. The molecule has 1 rings (SSSR count). The van der Waals surface area contributed by atoms with E-state index in [2.05, 4.69) is 4.99 Å². The molecule has 0 aromatic carbocycles. The lowest BCUT2D eigenvalue weighted by Gasteiger charge is -2.24. The van der Waals surface area contributed by atoms with Gasteiger partial charge < -0.3 is 17.2 Å². The molecule has 0 saturated heterocycles. The number of aliphatic imine (C=N–C) groups is 1. The summed E-state index contributed by atoms with van der Waals surface area (Å²) in [5.41, 5.74) is 16.3. The summed E-state index contributed by atoms with van der Waals surface area (Å²) >= 11 is 0. The van der Waals surface area contributed by atoms with Gasteiger partial charge in [-0.15, -0.1) is 0 Å². The van der Waals surface area contributed by atoms with Gasteiger partial charge in [-0.1, -0.05) is 12.8 Å². The molecule has 0 aromatic heterocycles.